The molecule has 6 nitrogen and oxygen atoms in total. The number of benzene rings is 1. The predicted molar refractivity (Wildman–Crippen MR) is 97.8 cm³/mol. The van der Waals surface area contributed by atoms with E-state index in [2.05, 4.69) is 36.5 Å². The van der Waals surface area contributed by atoms with E-state index in [-0.39, 0.29) is 5.92 Å². The molecule has 4 heterocycles. The molecule has 3 aromatic heterocycles. The Balaban J connectivity index is 1.48. The first-order valence-corrected chi connectivity index (χ1v) is 8.72. The van der Waals surface area contributed by atoms with Gasteiger partial charge in [-0.1, -0.05) is 18.2 Å². The molecule has 6 heteroatoms. The molecule has 1 atom stereocenters. The van der Waals surface area contributed by atoms with E-state index in [1.54, 1.807) is 12.4 Å². The molecular weight excluding hydrogens is 326 g/mol. The average Bonchev–Trinajstić information content (AvgIpc) is 3.28. The zero-order valence-corrected chi connectivity index (χ0v) is 14.2. The van der Waals surface area contributed by atoms with E-state index in [1.807, 2.05) is 36.5 Å². The van der Waals surface area contributed by atoms with Crippen LogP contribution >= 0.6 is 0 Å². The maximum Gasteiger partial charge on any atom is 0.136 e. The summed E-state index contributed by atoms with van der Waals surface area (Å²) in [6.45, 7) is 2.48. The van der Waals surface area contributed by atoms with Gasteiger partial charge in [0.2, 0.25) is 0 Å². The SMILES string of the molecule is Oc1cccc(C2CN(Cc3cnc4ccccn34)Cc3[nH]cnc32)c1. The standard InChI is InChI=1S/C20H19N5O/c26-16-5-3-4-14(8-16)17-11-24(12-18-20(17)23-13-22-18)10-15-9-21-19-6-1-2-7-25(15)19/h1-9,13,17,26H,10-12H2,(H,22,23). The summed E-state index contributed by atoms with van der Waals surface area (Å²) in [5.74, 6) is 0.426. The highest BCUT2D eigenvalue weighted by Gasteiger charge is 2.29. The van der Waals surface area contributed by atoms with Gasteiger partial charge in [0.1, 0.15) is 11.4 Å². The van der Waals surface area contributed by atoms with Crippen LogP contribution in [0.2, 0.25) is 0 Å². The van der Waals surface area contributed by atoms with Crippen molar-refractivity contribution in [3.63, 3.8) is 0 Å². The van der Waals surface area contributed by atoms with Gasteiger partial charge in [-0.25, -0.2) is 9.97 Å². The van der Waals surface area contributed by atoms with Gasteiger partial charge in [0, 0.05) is 31.7 Å². The van der Waals surface area contributed by atoms with Crippen molar-refractivity contribution >= 4 is 5.65 Å². The number of rotatable bonds is 3. The van der Waals surface area contributed by atoms with E-state index < -0.39 is 0 Å². The van der Waals surface area contributed by atoms with Crippen molar-refractivity contribution < 1.29 is 5.11 Å². The van der Waals surface area contributed by atoms with E-state index in [0.717, 1.165) is 42.2 Å². The molecule has 1 unspecified atom stereocenters. The topological polar surface area (TPSA) is 69.4 Å². The Morgan fingerprint density at radius 2 is 2.12 bits per heavy atom. The monoisotopic (exact) mass is 345 g/mol. The lowest BCUT2D eigenvalue weighted by Gasteiger charge is -2.32. The normalized spacial score (nSPS) is 17.5. The Kier molecular flexibility index (Phi) is 3.50. The minimum atomic E-state index is 0.135. The Labute approximate surface area is 150 Å². The average molecular weight is 345 g/mol. The lowest BCUT2D eigenvalue weighted by Crippen LogP contribution is -2.34. The van der Waals surface area contributed by atoms with Crippen molar-refractivity contribution in [2.75, 3.05) is 6.54 Å². The van der Waals surface area contributed by atoms with Crippen molar-refractivity contribution in [2.45, 2.75) is 19.0 Å². The Morgan fingerprint density at radius 3 is 3.04 bits per heavy atom. The summed E-state index contributed by atoms with van der Waals surface area (Å²) < 4.78 is 2.13. The zero-order valence-electron chi connectivity index (χ0n) is 14.2. The van der Waals surface area contributed by atoms with E-state index in [0.29, 0.717) is 5.75 Å². The van der Waals surface area contributed by atoms with Crippen LogP contribution in [-0.4, -0.2) is 35.9 Å². The van der Waals surface area contributed by atoms with E-state index in [4.69, 9.17) is 0 Å². The highest BCUT2D eigenvalue weighted by molar-refractivity contribution is 5.40. The van der Waals surface area contributed by atoms with Crippen molar-refractivity contribution in [3.05, 3.63) is 83.8 Å². The smallest absolute Gasteiger partial charge is 0.136 e. The Morgan fingerprint density at radius 1 is 1.15 bits per heavy atom. The lowest BCUT2D eigenvalue weighted by atomic mass is 9.90. The first-order valence-electron chi connectivity index (χ1n) is 8.72. The molecule has 0 fully saturated rings. The van der Waals surface area contributed by atoms with Crippen molar-refractivity contribution in [1.82, 2.24) is 24.3 Å². The van der Waals surface area contributed by atoms with Crippen LogP contribution in [0.15, 0.2) is 61.2 Å². The number of phenolic OH excluding ortho intramolecular Hbond substituents is 1. The maximum absolute atomic E-state index is 9.88. The van der Waals surface area contributed by atoms with Gasteiger partial charge in [0.25, 0.3) is 0 Å². The molecule has 0 radical (unpaired) electrons. The van der Waals surface area contributed by atoms with E-state index >= 15 is 0 Å². The van der Waals surface area contributed by atoms with Crippen LogP contribution in [0.3, 0.4) is 0 Å². The van der Waals surface area contributed by atoms with E-state index in [9.17, 15) is 5.11 Å². The second kappa shape index (κ2) is 6.00. The van der Waals surface area contributed by atoms with Gasteiger partial charge in [-0.3, -0.25) is 4.90 Å². The van der Waals surface area contributed by atoms with Crippen molar-refractivity contribution in [3.8, 4) is 5.75 Å². The van der Waals surface area contributed by atoms with Crippen LogP contribution in [0, 0.1) is 0 Å². The summed E-state index contributed by atoms with van der Waals surface area (Å²) >= 11 is 0. The first-order chi connectivity index (χ1) is 12.8. The fraction of sp³-hybridized carbons (Fsp3) is 0.200. The van der Waals surface area contributed by atoms with Crippen LogP contribution < -0.4 is 0 Å². The number of aromatic amines is 1. The summed E-state index contributed by atoms with van der Waals surface area (Å²) in [6.07, 6.45) is 5.76. The summed E-state index contributed by atoms with van der Waals surface area (Å²) in [6, 6.07) is 13.5. The molecule has 0 saturated carbocycles. The lowest BCUT2D eigenvalue weighted by molar-refractivity contribution is 0.224. The molecule has 26 heavy (non-hydrogen) atoms. The third-order valence-electron chi connectivity index (χ3n) is 5.06. The third-order valence-corrected chi connectivity index (χ3v) is 5.06. The molecule has 0 aliphatic carbocycles. The van der Waals surface area contributed by atoms with Crippen LogP contribution in [-0.2, 0) is 13.1 Å². The molecule has 4 aromatic rings. The number of hydrogen-bond acceptors (Lipinski definition) is 4. The quantitative estimate of drug-likeness (QED) is 0.599. The van der Waals surface area contributed by atoms with Crippen molar-refractivity contribution in [2.24, 2.45) is 0 Å². The number of hydrogen-bond donors (Lipinski definition) is 2. The summed E-state index contributed by atoms with van der Waals surface area (Å²) in [5, 5.41) is 9.88. The number of H-pyrrole nitrogens is 1. The fourth-order valence-electron chi connectivity index (χ4n) is 3.85. The number of imidazole rings is 2. The number of aromatic hydroxyl groups is 1. The molecule has 1 aliphatic rings. The highest BCUT2D eigenvalue weighted by Crippen LogP contribution is 2.33. The number of phenols is 1. The first kappa shape index (κ1) is 15.2. The van der Waals surface area contributed by atoms with Gasteiger partial charge in [0.05, 0.1) is 29.6 Å². The minimum Gasteiger partial charge on any atom is -0.508 e. The molecule has 0 spiro atoms. The van der Waals surface area contributed by atoms with Crippen molar-refractivity contribution in [1.29, 1.82) is 0 Å². The van der Waals surface area contributed by atoms with Crippen LogP contribution in [0.1, 0.15) is 28.6 Å². The molecule has 5 rings (SSSR count). The van der Waals surface area contributed by atoms with Gasteiger partial charge in [-0.2, -0.15) is 0 Å². The van der Waals surface area contributed by atoms with Gasteiger partial charge in [-0.05, 0) is 29.8 Å². The molecule has 1 aliphatic heterocycles. The Hall–Kier alpha value is -3.12. The molecule has 1 aromatic carbocycles. The van der Waals surface area contributed by atoms with Crippen LogP contribution in [0.5, 0.6) is 5.75 Å². The van der Waals surface area contributed by atoms with Crippen LogP contribution in [0.4, 0.5) is 0 Å². The number of aromatic nitrogens is 4. The van der Waals surface area contributed by atoms with Gasteiger partial charge >= 0.3 is 0 Å². The highest BCUT2D eigenvalue weighted by atomic mass is 16.3. The number of fused-ring (bicyclic) bond motifs is 2. The van der Waals surface area contributed by atoms with E-state index in [1.165, 1.54) is 5.69 Å². The molecule has 0 saturated heterocycles. The minimum absolute atomic E-state index is 0.135. The summed E-state index contributed by atoms with van der Waals surface area (Å²) in [5.41, 5.74) is 5.43. The predicted octanol–water partition coefficient (Wildman–Crippen LogP) is 2.91. The molecule has 0 amide bonds. The Bertz CT molecular complexity index is 1070. The fourth-order valence-corrected chi connectivity index (χ4v) is 3.85. The molecule has 2 N–H and O–H groups in total. The van der Waals surface area contributed by atoms with Gasteiger partial charge < -0.3 is 14.5 Å². The molecular formula is C20H19N5O. The maximum atomic E-state index is 9.88. The second-order valence-corrected chi connectivity index (χ2v) is 6.76. The number of pyridine rings is 1. The summed E-state index contributed by atoms with van der Waals surface area (Å²) in [7, 11) is 0. The van der Waals surface area contributed by atoms with Crippen LogP contribution in [0.25, 0.3) is 5.65 Å². The van der Waals surface area contributed by atoms with Gasteiger partial charge in [-0.15, -0.1) is 0 Å². The molecule has 0 bridgehead atoms. The number of nitrogens with zero attached hydrogens (tertiary/aromatic N) is 4. The molecule has 130 valence electrons. The zero-order chi connectivity index (χ0) is 17.5. The third kappa shape index (κ3) is 2.55. The van der Waals surface area contributed by atoms with Gasteiger partial charge in [0.15, 0.2) is 0 Å². The summed E-state index contributed by atoms with van der Waals surface area (Å²) in [4.78, 5) is 14.7. The second-order valence-electron chi connectivity index (χ2n) is 6.76. The largest absolute Gasteiger partial charge is 0.508 e. The number of nitrogens with one attached hydrogen (secondary N) is 1.